The number of carbonyl (C=O) groups is 1. The first-order valence-electron chi connectivity index (χ1n) is 7.33. The van der Waals surface area contributed by atoms with Crippen LogP contribution < -0.4 is 0 Å². The maximum Gasteiger partial charge on any atom is 0.306 e. The van der Waals surface area contributed by atoms with Crippen LogP contribution in [0.3, 0.4) is 0 Å². The highest BCUT2D eigenvalue weighted by Crippen LogP contribution is 2.37. The van der Waals surface area contributed by atoms with Gasteiger partial charge in [0.25, 0.3) is 0 Å². The van der Waals surface area contributed by atoms with Crippen LogP contribution in [0, 0.1) is 17.8 Å². The van der Waals surface area contributed by atoms with E-state index in [1.54, 1.807) is 6.20 Å². The zero-order chi connectivity index (χ0) is 13.7. The lowest BCUT2D eigenvalue weighted by atomic mass is 9.71. The summed E-state index contributed by atoms with van der Waals surface area (Å²) in [4.78, 5) is 15.7. The van der Waals surface area contributed by atoms with Crippen LogP contribution in [0.1, 0.15) is 44.7 Å². The summed E-state index contributed by atoms with van der Waals surface area (Å²) in [5, 5.41) is 9.38. The van der Waals surface area contributed by atoms with Crippen molar-refractivity contribution < 1.29 is 9.90 Å². The fraction of sp³-hybridized carbons (Fsp3) is 0.625. The molecule has 1 N–H and O–H groups in total. The molecule has 3 heteroatoms. The highest BCUT2D eigenvalue weighted by Gasteiger charge is 2.34. The van der Waals surface area contributed by atoms with Crippen molar-refractivity contribution in [1.29, 1.82) is 0 Å². The molecule has 104 valence electrons. The lowest BCUT2D eigenvalue weighted by molar-refractivity contribution is -0.145. The molecule has 0 spiro atoms. The molecular weight excluding hydrogens is 238 g/mol. The van der Waals surface area contributed by atoms with Gasteiger partial charge in [-0.25, -0.2) is 0 Å². The molecule has 0 bridgehead atoms. The molecule has 1 heterocycles. The second-order valence-corrected chi connectivity index (χ2v) is 5.70. The number of carboxylic acids is 1. The Labute approximate surface area is 115 Å². The molecule has 1 aliphatic rings. The molecule has 1 aliphatic carbocycles. The van der Waals surface area contributed by atoms with Crippen LogP contribution in [0.25, 0.3) is 0 Å². The first-order valence-corrected chi connectivity index (χ1v) is 7.33. The van der Waals surface area contributed by atoms with Crippen LogP contribution in [0.5, 0.6) is 0 Å². The van der Waals surface area contributed by atoms with Gasteiger partial charge in [0, 0.05) is 11.9 Å². The van der Waals surface area contributed by atoms with Gasteiger partial charge in [-0.2, -0.15) is 0 Å². The van der Waals surface area contributed by atoms with Gasteiger partial charge in [-0.05, 0) is 49.7 Å². The second-order valence-electron chi connectivity index (χ2n) is 5.70. The minimum Gasteiger partial charge on any atom is -0.481 e. The SMILES string of the molecule is CCCC1CCC(C(=O)O)C(Cc2ccccn2)C1. The molecule has 0 amide bonds. The Bertz CT molecular complexity index is 404. The third kappa shape index (κ3) is 3.79. The topological polar surface area (TPSA) is 50.2 Å². The largest absolute Gasteiger partial charge is 0.481 e. The van der Waals surface area contributed by atoms with E-state index in [1.807, 2.05) is 18.2 Å². The molecule has 3 unspecified atom stereocenters. The minimum atomic E-state index is -0.629. The molecule has 3 atom stereocenters. The lowest BCUT2D eigenvalue weighted by Gasteiger charge is -2.33. The highest BCUT2D eigenvalue weighted by molar-refractivity contribution is 5.70. The Balaban J connectivity index is 2.05. The van der Waals surface area contributed by atoms with E-state index in [4.69, 9.17) is 0 Å². The van der Waals surface area contributed by atoms with Crippen molar-refractivity contribution in [2.75, 3.05) is 0 Å². The van der Waals surface area contributed by atoms with E-state index in [2.05, 4.69) is 11.9 Å². The van der Waals surface area contributed by atoms with Crippen LogP contribution in [0.4, 0.5) is 0 Å². The van der Waals surface area contributed by atoms with Gasteiger partial charge in [0.1, 0.15) is 0 Å². The van der Waals surface area contributed by atoms with Gasteiger partial charge in [-0.15, -0.1) is 0 Å². The van der Waals surface area contributed by atoms with Crippen LogP contribution in [-0.2, 0) is 11.2 Å². The van der Waals surface area contributed by atoms with E-state index in [0.29, 0.717) is 5.92 Å². The summed E-state index contributed by atoms with van der Waals surface area (Å²) in [7, 11) is 0. The fourth-order valence-corrected chi connectivity index (χ4v) is 3.37. The normalized spacial score (nSPS) is 27.1. The van der Waals surface area contributed by atoms with Gasteiger partial charge in [-0.3, -0.25) is 9.78 Å². The Morgan fingerprint density at radius 3 is 2.89 bits per heavy atom. The second kappa shape index (κ2) is 6.69. The Morgan fingerprint density at radius 2 is 2.26 bits per heavy atom. The maximum atomic E-state index is 11.4. The zero-order valence-electron chi connectivity index (χ0n) is 11.6. The van der Waals surface area contributed by atoms with E-state index in [9.17, 15) is 9.90 Å². The van der Waals surface area contributed by atoms with Gasteiger partial charge < -0.3 is 5.11 Å². The van der Waals surface area contributed by atoms with Crippen LogP contribution in [0.15, 0.2) is 24.4 Å². The molecule has 1 fully saturated rings. The molecule has 1 aromatic rings. The van der Waals surface area contributed by atoms with Crippen molar-refractivity contribution in [1.82, 2.24) is 4.98 Å². The average molecular weight is 261 g/mol. The van der Waals surface area contributed by atoms with Crippen LogP contribution >= 0.6 is 0 Å². The maximum absolute atomic E-state index is 11.4. The molecule has 1 aromatic heterocycles. The molecule has 19 heavy (non-hydrogen) atoms. The molecule has 0 aliphatic heterocycles. The Kier molecular flexibility index (Phi) is 4.94. The lowest BCUT2D eigenvalue weighted by Crippen LogP contribution is -2.32. The number of hydrogen-bond donors (Lipinski definition) is 1. The molecule has 3 nitrogen and oxygen atoms in total. The summed E-state index contributed by atoms with van der Waals surface area (Å²) in [5.74, 6) is 0.137. The Hall–Kier alpha value is -1.38. The zero-order valence-corrected chi connectivity index (χ0v) is 11.6. The van der Waals surface area contributed by atoms with Crippen molar-refractivity contribution >= 4 is 5.97 Å². The van der Waals surface area contributed by atoms with E-state index in [-0.39, 0.29) is 11.8 Å². The highest BCUT2D eigenvalue weighted by atomic mass is 16.4. The summed E-state index contributed by atoms with van der Waals surface area (Å²) in [6.07, 6.45) is 7.96. The van der Waals surface area contributed by atoms with Crippen molar-refractivity contribution in [3.8, 4) is 0 Å². The summed E-state index contributed by atoms with van der Waals surface area (Å²) in [6.45, 7) is 2.21. The van der Waals surface area contributed by atoms with E-state index in [0.717, 1.165) is 31.4 Å². The van der Waals surface area contributed by atoms with Crippen molar-refractivity contribution in [2.24, 2.45) is 17.8 Å². The first-order chi connectivity index (χ1) is 9.20. The molecule has 2 rings (SSSR count). The standard InChI is InChI=1S/C16H23NO2/c1-2-5-12-7-8-15(16(18)19)13(10-12)11-14-6-3-4-9-17-14/h3-4,6,9,12-13,15H,2,5,7-8,10-11H2,1H3,(H,18,19). The average Bonchev–Trinajstić information content (AvgIpc) is 2.40. The van der Waals surface area contributed by atoms with Crippen LogP contribution in [0.2, 0.25) is 0 Å². The molecule has 0 saturated heterocycles. The predicted molar refractivity (Wildman–Crippen MR) is 74.8 cm³/mol. The third-order valence-corrected chi connectivity index (χ3v) is 4.30. The summed E-state index contributed by atoms with van der Waals surface area (Å²) in [5.41, 5.74) is 1.02. The van der Waals surface area contributed by atoms with E-state index >= 15 is 0 Å². The molecular formula is C16H23NO2. The molecule has 1 saturated carbocycles. The number of rotatable bonds is 5. The monoisotopic (exact) mass is 261 g/mol. The van der Waals surface area contributed by atoms with Crippen molar-refractivity contribution in [2.45, 2.75) is 45.4 Å². The van der Waals surface area contributed by atoms with Crippen molar-refractivity contribution in [3.63, 3.8) is 0 Å². The summed E-state index contributed by atoms with van der Waals surface area (Å²) < 4.78 is 0. The van der Waals surface area contributed by atoms with E-state index < -0.39 is 5.97 Å². The number of carboxylic acid groups (broad SMARTS) is 1. The summed E-state index contributed by atoms with van der Waals surface area (Å²) in [6, 6.07) is 5.88. The molecule has 0 aromatic carbocycles. The van der Waals surface area contributed by atoms with Gasteiger partial charge >= 0.3 is 5.97 Å². The van der Waals surface area contributed by atoms with Gasteiger partial charge in [0.2, 0.25) is 0 Å². The predicted octanol–water partition coefficient (Wildman–Crippen LogP) is 3.54. The number of nitrogens with zero attached hydrogens (tertiary/aromatic N) is 1. The fourth-order valence-electron chi connectivity index (χ4n) is 3.37. The molecule has 0 radical (unpaired) electrons. The first kappa shape index (κ1) is 14.0. The smallest absolute Gasteiger partial charge is 0.306 e. The van der Waals surface area contributed by atoms with Crippen LogP contribution in [-0.4, -0.2) is 16.1 Å². The summed E-state index contributed by atoms with van der Waals surface area (Å²) >= 11 is 0. The number of aliphatic carboxylic acids is 1. The quantitative estimate of drug-likeness (QED) is 0.882. The third-order valence-electron chi connectivity index (χ3n) is 4.30. The number of pyridine rings is 1. The minimum absolute atomic E-state index is 0.185. The van der Waals surface area contributed by atoms with Gasteiger partial charge in [0.15, 0.2) is 0 Å². The van der Waals surface area contributed by atoms with Gasteiger partial charge in [-0.1, -0.05) is 25.8 Å². The van der Waals surface area contributed by atoms with Crippen molar-refractivity contribution in [3.05, 3.63) is 30.1 Å². The van der Waals surface area contributed by atoms with E-state index in [1.165, 1.54) is 12.8 Å². The van der Waals surface area contributed by atoms with Gasteiger partial charge in [0.05, 0.1) is 5.92 Å². The number of hydrogen-bond acceptors (Lipinski definition) is 2. The number of aromatic nitrogens is 1. The Morgan fingerprint density at radius 1 is 1.42 bits per heavy atom.